The van der Waals surface area contributed by atoms with Gasteiger partial charge in [0.25, 0.3) is 0 Å². The fourth-order valence-corrected chi connectivity index (χ4v) is 3.38. The molecule has 118 valence electrons. The van der Waals surface area contributed by atoms with Crippen LogP contribution < -0.4 is 5.32 Å². The average molecular weight is 316 g/mol. The zero-order valence-corrected chi connectivity index (χ0v) is 14.4. The van der Waals surface area contributed by atoms with Gasteiger partial charge in [0.05, 0.1) is 6.54 Å². The van der Waals surface area contributed by atoms with E-state index in [1.807, 2.05) is 19.2 Å². The Labute approximate surface area is 137 Å². The van der Waals surface area contributed by atoms with Crippen molar-refractivity contribution in [3.63, 3.8) is 0 Å². The second-order valence-electron chi connectivity index (χ2n) is 5.73. The molecule has 0 spiro atoms. The van der Waals surface area contributed by atoms with E-state index < -0.39 is 0 Å². The van der Waals surface area contributed by atoms with Crippen LogP contribution in [0.4, 0.5) is 0 Å². The number of rotatable bonds is 7. The highest BCUT2D eigenvalue weighted by molar-refractivity contribution is 7.10. The van der Waals surface area contributed by atoms with Crippen LogP contribution in [0.3, 0.4) is 0 Å². The Kier molecular flexibility index (Phi) is 6.16. The summed E-state index contributed by atoms with van der Waals surface area (Å²) in [7, 11) is 1.99. The minimum atomic E-state index is 0.0882. The Hall–Kier alpha value is -1.65. The number of nitrogens with zero attached hydrogens (tertiary/aromatic N) is 1. The maximum Gasteiger partial charge on any atom is 0.234 e. The van der Waals surface area contributed by atoms with Gasteiger partial charge in [-0.25, -0.2) is 0 Å². The van der Waals surface area contributed by atoms with Crippen LogP contribution in [-0.4, -0.2) is 30.9 Å². The van der Waals surface area contributed by atoms with Crippen LogP contribution in [0.1, 0.15) is 21.6 Å². The molecule has 4 heteroatoms. The third-order valence-corrected chi connectivity index (χ3v) is 4.78. The van der Waals surface area contributed by atoms with Gasteiger partial charge in [-0.05, 0) is 55.5 Å². The second-order valence-corrected chi connectivity index (χ2v) is 6.73. The van der Waals surface area contributed by atoms with E-state index >= 15 is 0 Å². The molecule has 0 aliphatic heterocycles. The molecule has 0 fully saturated rings. The number of hydrogen-bond donors (Lipinski definition) is 1. The number of aryl methyl sites for hydroxylation is 2. The smallest absolute Gasteiger partial charge is 0.234 e. The lowest BCUT2D eigenvalue weighted by molar-refractivity contribution is -0.122. The third-order valence-electron chi connectivity index (χ3n) is 3.77. The topological polar surface area (TPSA) is 32.3 Å². The molecule has 1 amide bonds. The van der Waals surface area contributed by atoms with Crippen LogP contribution >= 0.6 is 11.3 Å². The van der Waals surface area contributed by atoms with Gasteiger partial charge in [-0.15, -0.1) is 11.3 Å². The molecule has 22 heavy (non-hydrogen) atoms. The lowest BCUT2D eigenvalue weighted by Crippen LogP contribution is -2.35. The van der Waals surface area contributed by atoms with E-state index in [9.17, 15) is 4.79 Å². The van der Waals surface area contributed by atoms with E-state index in [2.05, 4.69) is 47.6 Å². The first-order valence-electron chi connectivity index (χ1n) is 7.59. The first-order valence-corrected chi connectivity index (χ1v) is 8.47. The van der Waals surface area contributed by atoms with Crippen LogP contribution in [0.5, 0.6) is 0 Å². The molecule has 3 nitrogen and oxygen atoms in total. The normalized spacial score (nSPS) is 10.9. The molecule has 0 radical (unpaired) electrons. The summed E-state index contributed by atoms with van der Waals surface area (Å²) in [6.07, 6.45) is 0.881. The van der Waals surface area contributed by atoms with Gasteiger partial charge in [-0.3, -0.25) is 9.69 Å². The Bertz CT molecular complexity index is 621. The number of thiophene rings is 1. The monoisotopic (exact) mass is 316 g/mol. The number of benzene rings is 1. The molecule has 2 rings (SSSR count). The molecule has 0 atom stereocenters. The van der Waals surface area contributed by atoms with Crippen LogP contribution in [0.25, 0.3) is 0 Å². The average Bonchev–Trinajstić information content (AvgIpc) is 2.86. The van der Waals surface area contributed by atoms with Gasteiger partial charge in [0.15, 0.2) is 0 Å². The molecule has 0 aliphatic carbocycles. The van der Waals surface area contributed by atoms with Gasteiger partial charge in [-0.2, -0.15) is 0 Å². The van der Waals surface area contributed by atoms with Crippen molar-refractivity contribution in [3.8, 4) is 0 Å². The van der Waals surface area contributed by atoms with Gasteiger partial charge in [0.1, 0.15) is 0 Å². The Morgan fingerprint density at radius 1 is 1.18 bits per heavy atom. The molecule has 0 saturated heterocycles. The summed E-state index contributed by atoms with van der Waals surface area (Å²) in [6, 6.07) is 10.4. The minimum Gasteiger partial charge on any atom is -0.355 e. The van der Waals surface area contributed by atoms with Crippen molar-refractivity contribution in [1.29, 1.82) is 0 Å². The first kappa shape index (κ1) is 16.7. The molecule has 0 unspecified atom stereocenters. The zero-order valence-electron chi connectivity index (χ0n) is 13.6. The quantitative estimate of drug-likeness (QED) is 0.851. The minimum absolute atomic E-state index is 0.0882. The lowest BCUT2D eigenvalue weighted by atomic mass is 10.1. The summed E-state index contributed by atoms with van der Waals surface area (Å²) < 4.78 is 0. The van der Waals surface area contributed by atoms with Gasteiger partial charge in [-0.1, -0.05) is 24.3 Å². The van der Waals surface area contributed by atoms with Crippen molar-refractivity contribution in [1.82, 2.24) is 10.2 Å². The SMILES string of the molecule is Cc1ccccc1CCNC(=O)CN(C)Cc1sccc1C. The number of amides is 1. The number of nitrogens with one attached hydrogen (secondary N) is 1. The van der Waals surface area contributed by atoms with E-state index in [0.717, 1.165) is 13.0 Å². The van der Waals surface area contributed by atoms with Crippen molar-refractivity contribution in [2.24, 2.45) is 0 Å². The largest absolute Gasteiger partial charge is 0.355 e. The van der Waals surface area contributed by atoms with Crippen LogP contribution in [0, 0.1) is 13.8 Å². The molecular weight excluding hydrogens is 292 g/mol. The van der Waals surface area contributed by atoms with Gasteiger partial charge in [0, 0.05) is 18.0 Å². The fourth-order valence-electron chi connectivity index (χ4n) is 2.40. The van der Waals surface area contributed by atoms with Crippen molar-refractivity contribution in [3.05, 3.63) is 57.3 Å². The predicted molar refractivity (Wildman–Crippen MR) is 93.3 cm³/mol. The molecule has 0 saturated carbocycles. The molecule has 1 aromatic carbocycles. The summed E-state index contributed by atoms with van der Waals surface area (Å²) >= 11 is 1.75. The van der Waals surface area contributed by atoms with E-state index in [0.29, 0.717) is 13.1 Å². The van der Waals surface area contributed by atoms with Crippen LogP contribution in [-0.2, 0) is 17.8 Å². The molecule has 0 bridgehead atoms. The highest BCUT2D eigenvalue weighted by atomic mass is 32.1. The van der Waals surface area contributed by atoms with Gasteiger partial charge in [0.2, 0.25) is 5.91 Å². The number of carbonyl (C=O) groups excluding carboxylic acids is 1. The molecule has 2 aromatic rings. The summed E-state index contributed by atoms with van der Waals surface area (Å²) in [5, 5.41) is 5.10. The number of hydrogen-bond acceptors (Lipinski definition) is 3. The van der Waals surface area contributed by atoms with Crippen LogP contribution in [0.15, 0.2) is 35.7 Å². The van der Waals surface area contributed by atoms with E-state index in [1.54, 1.807) is 11.3 Å². The van der Waals surface area contributed by atoms with Gasteiger partial charge >= 0.3 is 0 Å². The summed E-state index contributed by atoms with van der Waals surface area (Å²) in [4.78, 5) is 15.4. The Morgan fingerprint density at radius 3 is 2.64 bits per heavy atom. The maximum absolute atomic E-state index is 12.0. The zero-order chi connectivity index (χ0) is 15.9. The van der Waals surface area contributed by atoms with E-state index in [-0.39, 0.29) is 5.91 Å². The third kappa shape index (κ3) is 4.97. The van der Waals surface area contributed by atoms with Crippen molar-refractivity contribution >= 4 is 17.2 Å². The summed E-state index contributed by atoms with van der Waals surface area (Å²) in [6.45, 7) is 6.17. The van der Waals surface area contributed by atoms with Gasteiger partial charge < -0.3 is 5.32 Å². The highest BCUT2D eigenvalue weighted by Gasteiger charge is 2.09. The van der Waals surface area contributed by atoms with Crippen molar-refractivity contribution in [2.45, 2.75) is 26.8 Å². The molecule has 1 heterocycles. The molecular formula is C18H24N2OS. The van der Waals surface area contributed by atoms with Crippen LogP contribution in [0.2, 0.25) is 0 Å². The molecule has 1 aromatic heterocycles. The van der Waals surface area contributed by atoms with E-state index in [1.165, 1.54) is 21.6 Å². The molecule has 1 N–H and O–H groups in total. The standard InChI is InChI=1S/C18H24N2OS/c1-14-6-4-5-7-16(14)8-10-19-18(21)13-20(3)12-17-15(2)9-11-22-17/h4-7,9,11H,8,10,12-13H2,1-3H3,(H,19,21). The fraction of sp³-hybridized carbons (Fsp3) is 0.389. The van der Waals surface area contributed by atoms with Crippen molar-refractivity contribution < 1.29 is 4.79 Å². The lowest BCUT2D eigenvalue weighted by Gasteiger charge is -2.16. The van der Waals surface area contributed by atoms with E-state index in [4.69, 9.17) is 0 Å². The summed E-state index contributed by atoms with van der Waals surface area (Å²) in [5.74, 6) is 0.0882. The number of likely N-dealkylation sites (N-methyl/N-ethyl adjacent to an activating group) is 1. The molecule has 0 aliphatic rings. The Morgan fingerprint density at radius 2 is 1.95 bits per heavy atom. The second kappa shape index (κ2) is 8.11. The number of carbonyl (C=O) groups is 1. The Balaban J connectivity index is 1.71. The first-order chi connectivity index (χ1) is 10.6. The summed E-state index contributed by atoms with van der Waals surface area (Å²) in [5.41, 5.74) is 3.88. The van der Waals surface area contributed by atoms with Crippen molar-refractivity contribution in [2.75, 3.05) is 20.1 Å². The highest BCUT2D eigenvalue weighted by Crippen LogP contribution is 2.16. The maximum atomic E-state index is 12.0. The predicted octanol–water partition coefficient (Wildman–Crippen LogP) is 3.16.